The molecule has 1 amide bonds. The summed E-state index contributed by atoms with van der Waals surface area (Å²) in [6, 6.07) is 4.19. The Morgan fingerprint density at radius 1 is 1.38 bits per heavy atom. The van der Waals surface area contributed by atoms with Crippen LogP contribution in [0.25, 0.3) is 0 Å². The summed E-state index contributed by atoms with van der Waals surface area (Å²) in [6.07, 6.45) is 0. The Kier molecular flexibility index (Phi) is 4.74. The average Bonchev–Trinajstić information content (AvgIpc) is 2.47. The highest BCUT2D eigenvalue weighted by Crippen LogP contribution is 2.14. The zero-order chi connectivity index (χ0) is 15.4. The highest BCUT2D eigenvalue weighted by Gasteiger charge is 2.23. The number of amidine groups is 1. The first-order valence-corrected chi connectivity index (χ1v) is 6.75. The van der Waals surface area contributed by atoms with Gasteiger partial charge in [-0.3, -0.25) is 9.69 Å². The van der Waals surface area contributed by atoms with Crippen molar-refractivity contribution in [3.05, 3.63) is 35.1 Å². The quantitative estimate of drug-likeness (QED) is 0.371. The molecule has 3 N–H and O–H groups in total. The molecule has 1 aromatic carbocycles. The number of carbonyl (C=O) groups excluding carboxylic acids is 1. The molecule has 0 spiro atoms. The second kappa shape index (κ2) is 6.53. The van der Waals surface area contributed by atoms with Crippen LogP contribution < -0.4 is 5.73 Å². The molecule has 0 saturated carbocycles. The molecule has 1 aliphatic heterocycles. The van der Waals surface area contributed by atoms with Crippen molar-refractivity contribution in [1.82, 2.24) is 9.80 Å². The van der Waals surface area contributed by atoms with E-state index in [0.717, 1.165) is 0 Å². The minimum Gasteiger partial charge on any atom is -0.409 e. The van der Waals surface area contributed by atoms with E-state index in [4.69, 9.17) is 10.9 Å². The summed E-state index contributed by atoms with van der Waals surface area (Å²) < 4.78 is 13.1. The van der Waals surface area contributed by atoms with Gasteiger partial charge in [-0.05, 0) is 30.7 Å². The lowest BCUT2D eigenvalue weighted by molar-refractivity contribution is 0.0652. The maximum Gasteiger partial charge on any atom is 0.254 e. The van der Waals surface area contributed by atoms with Crippen LogP contribution in [0.4, 0.5) is 4.39 Å². The molecule has 1 aliphatic rings. The molecule has 6 nitrogen and oxygen atoms in total. The fraction of sp³-hybridized carbons (Fsp3) is 0.429. The lowest BCUT2D eigenvalue weighted by Gasteiger charge is -2.34. The zero-order valence-corrected chi connectivity index (χ0v) is 11.9. The van der Waals surface area contributed by atoms with E-state index in [9.17, 15) is 9.18 Å². The molecule has 1 saturated heterocycles. The van der Waals surface area contributed by atoms with Gasteiger partial charge >= 0.3 is 0 Å². The number of piperazine rings is 1. The average molecular weight is 294 g/mol. The van der Waals surface area contributed by atoms with Crippen molar-refractivity contribution in [3.8, 4) is 0 Å². The molecule has 2 rings (SSSR count). The first-order valence-electron chi connectivity index (χ1n) is 6.75. The number of aryl methyl sites for hydroxylation is 1. The third kappa shape index (κ3) is 3.69. The molecular formula is C14H19FN4O2. The SMILES string of the molecule is Cc1cc(F)ccc1C(=O)N1CCN(C/C(N)=N/O)CC1. The van der Waals surface area contributed by atoms with Crippen molar-refractivity contribution in [1.29, 1.82) is 0 Å². The summed E-state index contributed by atoms with van der Waals surface area (Å²) in [5.74, 6) is -0.271. The molecule has 1 heterocycles. The molecule has 0 radical (unpaired) electrons. The summed E-state index contributed by atoms with van der Waals surface area (Å²) >= 11 is 0. The van der Waals surface area contributed by atoms with Crippen LogP contribution in [0.5, 0.6) is 0 Å². The second-order valence-corrected chi connectivity index (χ2v) is 5.12. The lowest BCUT2D eigenvalue weighted by Crippen LogP contribution is -2.50. The van der Waals surface area contributed by atoms with Crippen molar-refractivity contribution in [2.24, 2.45) is 10.9 Å². The number of oxime groups is 1. The standard InChI is InChI=1S/C14H19FN4O2/c1-10-8-11(15)2-3-12(10)14(20)19-6-4-18(5-7-19)9-13(16)17-21/h2-3,8,21H,4-7,9H2,1H3,(H2,16,17). The van der Waals surface area contributed by atoms with Crippen molar-refractivity contribution >= 4 is 11.7 Å². The maximum absolute atomic E-state index is 13.1. The summed E-state index contributed by atoms with van der Waals surface area (Å²) in [4.78, 5) is 16.2. The van der Waals surface area contributed by atoms with Gasteiger partial charge < -0.3 is 15.8 Å². The molecule has 21 heavy (non-hydrogen) atoms. The predicted octanol–water partition coefficient (Wildman–Crippen LogP) is 0.638. The van der Waals surface area contributed by atoms with Crippen LogP contribution in [0.1, 0.15) is 15.9 Å². The summed E-state index contributed by atoms with van der Waals surface area (Å²) in [5, 5.41) is 11.5. The topological polar surface area (TPSA) is 82.2 Å². The van der Waals surface area contributed by atoms with E-state index < -0.39 is 0 Å². The predicted molar refractivity (Wildman–Crippen MR) is 76.9 cm³/mol. The van der Waals surface area contributed by atoms with E-state index in [1.54, 1.807) is 11.8 Å². The number of halogens is 1. The van der Waals surface area contributed by atoms with Crippen LogP contribution >= 0.6 is 0 Å². The molecule has 7 heteroatoms. The number of carbonyl (C=O) groups is 1. The molecule has 1 fully saturated rings. The monoisotopic (exact) mass is 294 g/mol. The van der Waals surface area contributed by atoms with Gasteiger partial charge in [-0.15, -0.1) is 0 Å². The van der Waals surface area contributed by atoms with Crippen molar-refractivity contribution < 1.29 is 14.4 Å². The van der Waals surface area contributed by atoms with Gasteiger partial charge in [0.1, 0.15) is 5.82 Å². The number of rotatable bonds is 3. The summed E-state index contributed by atoms with van der Waals surface area (Å²) in [6.45, 7) is 4.55. The molecule has 0 unspecified atom stereocenters. The van der Waals surface area contributed by atoms with Gasteiger partial charge in [0.25, 0.3) is 5.91 Å². The minimum absolute atomic E-state index is 0.0871. The van der Waals surface area contributed by atoms with Gasteiger partial charge in [0.05, 0.1) is 6.54 Å². The van der Waals surface area contributed by atoms with Gasteiger partial charge in [-0.1, -0.05) is 5.16 Å². The maximum atomic E-state index is 13.1. The smallest absolute Gasteiger partial charge is 0.254 e. The number of benzene rings is 1. The molecule has 0 bridgehead atoms. The van der Waals surface area contributed by atoms with Gasteiger partial charge in [0, 0.05) is 31.7 Å². The fourth-order valence-corrected chi connectivity index (χ4v) is 2.41. The highest BCUT2D eigenvalue weighted by atomic mass is 19.1. The fourth-order valence-electron chi connectivity index (χ4n) is 2.41. The largest absolute Gasteiger partial charge is 0.409 e. The van der Waals surface area contributed by atoms with Crippen LogP contribution in [0.3, 0.4) is 0 Å². The van der Waals surface area contributed by atoms with Crippen molar-refractivity contribution in [3.63, 3.8) is 0 Å². The van der Waals surface area contributed by atoms with Gasteiger partial charge in [-0.2, -0.15) is 0 Å². The number of nitrogens with zero attached hydrogens (tertiary/aromatic N) is 3. The Balaban J connectivity index is 1.97. The Morgan fingerprint density at radius 3 is 2.62 bits per heavy atom. The molecular weight excluding hydrogens is 275 g/mol. The Labute approximate surface area is 122 Å². The van der Waals surface area contributed by atoms with Crippen LogP contribution in [0.15, 0.2) is 23.4 Å². The normalized spacial score (nSPS) is 17.0. The van der Waals surface area contributed by atoms with Crippen molar-refractivity contribution in [2.45, 2.75) is 6.92 Å². The summed E-state index contributed by atoms with van der Waals surface area (Å²) in [7, 11) is 0. The zero-order valence-electron chi connectivity index (χ0n) is 11.9. The molecule has 0 aliphatic carbocycles. The van der Waals surface area contributed by atoms with Gasteiger partial charge in [0.2, 0.25) is 0 Å². The van der Waals surface area contributed by atoms with E-state index in [1.165, 1.54) is 18.2 Å². The van der Waals surface area contributed by atoms with Crippen LogP contribution in [0.2, 0.25) is 0 Å². The van der Waals surface area contributed by atoms with E-state index >= 15 is 0 Å². The number of amides is 1. The molecule has 1 aromatic rings. The van der Waals surface area contributed by atoms with E-state index in [-0.39, 0.29) is 17.6 Å². The van der Waals surface area contributed by atoms with Crippen LogP contribution in [0, 0.1) is 12.7 Å². The number of hydrogen-bond donors (Lipinski definition) is 2. The summed E-state index contributed by atoms with van der Waals surface area (Å²) in [5.41, 5.74) is 6.63. The Morgan fingerprint density at radius 2 is 2.05 bits per heavy atom. The molecule has 0 atom stereocenters. The van der Waals surface area contributed by atoms with Crippen molar-refractivity contribution in [2.75, 3.05) is 32.7 Å². The lowest BCUT2D eigenvalue weighted by atomic mass is 10.1. The highest BCUT2D eigenvalue weighted by molar-refractivity contribution is 5.95. The number of nitrogens with two attached hydrogens (primary N) is 1. The minimum atomic E-state index is -0.340. The Hall–Kier alpha value is -2.15. The van der Waals surface area contributed by atoms with Crippen LogP contribution in [-0.2, 0) is 0 Å². The van der Waals surface area contributed by atoms with E-state index in [0.29, 0.717) is 43.9 Å². The molecule has 0 aromatic heterocycles. The van der Waals surface area contributed by atoms with Crippen LogP contribution in [-0.4, -0.2) is 59.5 Å². The van der Waals surface area contributed by atoms with E-state index in [2.05, 4.69) is 5.16 Å². The van der Waals surface area contributed by atoms with E-state index in [1.807, 2.05) is 4.90 Å². The second-order valence-electron chi connectivity index (χ2n) is 5.12. The van der Waals surface area contributed by atoms with Gasteiger partial charge in [0.15, 0.2) is 5.84 Å². The number of hydrogen-bond acceptors (Lipinski definition) is 4. The third-order valence-electron chi connectivity index (χ3n) is 3.59. The third-order valence-corrected chi connectivity index (χ3v) is 3.59. The molecule has 114 valence electrons. The first kappa shape index (κ1) is 15.2. The van der Waals surface area contributed by atoms with Gasteiger partial charge in [-0.25, -0.2) is 4.39 Å². The Bertz CT molecular complexity index is 554. The first-order chi connectivity index (χ1) is 10.0.